The van der Waals surface area contributed by atoms with Crippen molar-refractivity contribution in [2.24, 2.45) is 0 Å². The summed E-state index contributed by atoms with van der Waals surface area (Å²) in [6, 6.07) is 10.6. The molecule has 0 saturated carbocycles. The molecule has 2 rings (SSSR count). The molecule has 1 heterocycles. The van der Waals surface area contributed by atoms with Crippen LogP contribution in [0.3, 0.4) is 0 Å². The van der Waals surface area contributed by atoms with Crippen LogP contribution in [0.25, 0.3) is 6.08 Å². The van der Waals surface area contributed by atoms with Crippen molar-refractivity contribution < 1.29 is 4.74 Å². The summed E-state index contributed by atoms with van der Waals surface area (Å²) in [5.74, 6) is 0. The quantitative estimate of drug-likeness (QED) is 0.738. The molecule has 0 aliphatic rings. The van der Waals surface area contributed by atoms with Gasteiger partial charge in [0.2, 0.25) is 0 Å². The van der Waals surface area contributed by atoms with E-state index in [1.165, 1.54) is 16.7 Å². The lowest BCUT2D eigenvalue weighted by Gasteiger charge is -2.06. The number of rotatable bonds is 8. The van der Waals surface area contributed by atoms with E-state index in [1.54, 1.807) is 11.3 Å². The molecule has 0 spiro atoms. The molecule has 0 aliphatic heterocycles. The number of thiophene rings is 1. The van der Waals surface area contributed by atoms with Crippen LogP contribution in [-0.2, 0) is 17.9 Å². The van der Waals surface area contributed by atoms with Crippen LogP contribution in [0.15, 0.2) is 47.2 Å². The highest BCUT2D eigenvalue weighted by Gasteiger charge is 1.96. The van der Waals surface area contributed by atoms with Gasteiger partial charge >= 0.3 is 0 Å². The summed E-state index contributed by atoms with van der Waals surface area (Å²) in [4.78, 5) is 0. The van der Waals surface area contributed by atoms with Gasteiger partial charge in [0, 0.05) is 6.54 Å². The number of ether oxygens (including phenoxy) is 1. The molecule has 0 aliphatic carbocycles. The smallest absolute Gasteiger partial charge is 0.0721 e. The Kier molecular flexibility index (Phi) is 6.51. The maximum absolute atomic E-state index is 5.67. The van der Waals surface area contributed by atoms with Gasteiger partial charge in [-0.25, -0.2) is 0 Å². The summed E-state index contributed by atoms with van der Waals surface area (Å²) in [5.41, 5.74) is 3.78. The van der Waals surface area contributed by atoms with Crippen LogP contribution in [0.1, 0.15) is 23.6 Å². The van der Waals surface area contributed by atoms with Crippen molar-refractivity contribution >= 4 is 17.4 Å². The zero-order valence-electron chi connectivity index (χ0n) is 11.8. The summed E-state index contributed by atoms with van der Waals surface area (Å²) in [6.45, 7) is 5.34. The molecule has 1 aromatic carbocycles. The molecule has 0 fully saturated rings. The molecule has 1 aromatic heterocycles. The van der Waals surface area contributed by atoms with Crippen LogP contribution in [0.5, 0.6) is 0 Å². The lowest BCUT2D eigenvalue weighted by Crippen LogP contribution is -2.11. The standard InChI is InChI=1S/C17H21NOS/c1-2-18-12-16-5-3-6-17(11-16)13-19-9-4-7-15-8-10-20-14-15/h3-8,10-11,14,18H,2,9,12-13H2,1H3. The Balaban J connectivity index is 1.73. The van der Waals surface area contributed by atoms with Gasteiger partial charge in [-0.1, -0.05) is 43.3 Å². The van der Waals surface area contributed by atoms with Crippen LogP contribution >= 0.6 is 11.3 Å². The number of hydrogen-bond donors (Lipinski definition) is 1. The summed E-state index contributed by atoms with van der Waals surface area (Å²) in [5, 5.41) is 7.54. The van der Waals surface area contributed by atoms with E-state index in [9.17, 15) is 0 Å². The minimum absolute atomic E-state index is 0.646. The average molecular weight is 287 g/mol. The summed E-state index contributed by atoms with van der Waals surface area (Å²) < 4.78 is 5.67. The first kappa shape index (κ1) is 15.0. The van der Waals surface area contributed by atoms with E-state index in [0.29, 0.717) is 13.2 Å². The highest BCUT2D eigenvalue weighted by atomic mass is 32.1. The minimum atomic E-state index is 0.646. The first-order chi connectivity index (χ1) is 9.88. The molecule has 0 saturated heterocycles. The Morgan fingerprint density at radius 2 is 2.15 bits per heavy atom. The molecule has 0 atom stereocenters. The highest BCUT2D eigenvalue weighted by Crippen LogP contribution is 2.09. The zero-order chi connectivity index (χ0) is 14.0. The fourth-order valence-electron chi connectivity index (χ4n) is 1.90. The van der Waals surface area contributed by atoms with Gasteiger partial charge in [-0.2, -0.15) is 11.3 Å². The molecule has 1 N–H and O–H groups in total. The van der Waals surface area contributed by atoms with Gasteiger partial charge in [-0.3, -0.25) is 0 Å². The van der Waals surface area contributed by atoms with Crippen molar-refractivity contribution in [3.05, 3.63) is 63.9 Å². The van der Waals surface area contributed by atoms with Crippen LogP contribution in [0, 0.1) is 0 Å². The maximum Gasteiger partial charge on any atom is 0.0721 e. The van der Waals surface area contributed by atoms with E-state index in [0.717, 1.165) is 13.1 Å². The van der Waals surface area contributed by atoms with E-state index in [1.807, 2.05) is 0 Å². The van der Waals surface area contributed by atoms with Crippen molar-refractivity contribution in [2.75, 3.05) is 13.2 Å². The second-order valence-electron chi connectivity index (χ2n) is 4.57. The third-order valence-corrected chi connectivity index (χ3v) is 3.61. The van der Waals surface area contributed by atoms with Crippen molar-refractivity contribution in [3.63, 3.8) is 0 Å². The zero-order valence-corrected chi connectivity index (χ0v) is 12.7. The van der Waals surface area contributed by atoms with Crippen molar-refractivity contribution in [1.29, 1.82) is 0 Å². The Labute approximate surface area is 125 Å². The molecule has 106 valence electrons. The number of benzene rings is 1. The molecule has 3 heteroatoms. The van der Waals surface area contributed by atoms with Crippen molar-refractivity contribution in [1.82, 2.24) is 5.32 Å². The minimum Gasteiger partial charge on any atom is -0.373 e. The van der Waals surface area contributed by atoms with Gasteiger partial charge in [0.1, 0.15) is 0 Å². The van der Waals surface area contributed by atoms with E-state index >= 15 is 0 Å². The van der Waals surface area contributed by atoms with Gasteiger partial charge in [-0.05, 0) is 40.1 Å². The third-order valence-electron chi connectivity index (χ3n) is 2.91. The fraction of sp³-hybridized carbons (Fsp3) is 0.294. The predicted molar refractivity (Wildman–Crippen MR) is 86.8 cm³/mol. The maximum atomic E-state index is 5.67. The van der Waals surface area contributed by atoms with Crippen LogP contribution in [0.2, 0.25) is 0 Å². The first-order valence-corrected chi connectivity index (χ1v) is 7.88. The summed E-state index contributed by atoms with van der Waals surface area (Å²) in [7, 11) is 0. The molecule has 2 nitrogen and oxygen atoms in total. The molecule has 0 bridgehead atoms. The molecule has 20 heavy (non-hydrogen) atoms. The van der Waals surface area contributed by atoms with Gasteiger partial charge in [0.05, 0.1) is 13.2 Å². The second kappa shape index (κ2) is 8.69. The molecule has 0 amide bonds. The van der Waals surface area contributed by atoms with Gasteiger partial charge in [-0.15, -0.1) is 0 Å². The van der Waals surface area contributed by atoms with E-state index in [-0.39, 0.29) is 0 Å². The predicted octanol–water partition coefficient (Wildman–Crippen LogP) is 4.09. The topological polar surface area (TPSA) is 21.3 Å². The Morgan fingerprint density at radius 3 is 2.95 bits per heavy atom. The molecular weight excluding hydrogens is 266 g/mol. The summed E-state index contributed by atoms with van der Waals surface area (Å²) >= 11 is 1.71. The Morgan fingerprint density at radius 1 is 1.25 bits per heavy atom. The average Bonchev–Trinajstić information content (AvgIpc) is 2.98. The highest BCUT2D eigenvalue weighted by molar-refractivity contribution is 7.08. The fourth-order valence-corrected chi connectivity index (χ4v) is 2.53. The van der Waals surface area contributed by atoms with Crippen molar-refractivity contribution in [2.45, 2.75) is 20.1 Å². The molecule has 2 aromatic rings. The van der Waals surface area contributed by atoms with Gasteiger partial charge in [0.15, 0.2) is 0 Å². The van der Waals surface area contributed by atoms with E-state index in [4.69, 9.17) is 4.74 Å². The largest absolute Gasteiger partial charge is 0.373 e. The number of hydrogen-bond acceptors (Lipinski definition) is 3. The monoisotopic (exact) mass is 287 g/mol. The Bertz CT molecular complexity index is 520. The third kappa shape index (κ3) is 5.29. The number of nitrogens with one attached hydrogen (secondary N) is 1. The lowest BCUT2D eigenvalue weighted by molar-refractivity contribution is 0.149. The van der Waals surface area contributed by atoms with E-state index < -0.39 is 0 Å². The normalized spacial score (nSPS) is 11.2. The van der Waals surface area contributed by atoms with Gasteiger partial charge in [0.25, 0.3) is 0 Å². The lowest BCUT2D eigenvalue weighted by atomic mass is 10.1. The van der Waals surface area contributed by atoms with Crippen molar-refractivity contribution in [3.8, 4) is 0 Å². The van der Waals surface area contributed by atoms with Gasteiger partial charge < -0.3 is 10.1 Å². The Hall–Kier alpha value is -1.42. The molecule has 0 radical (unpaired) electrons. The van der Waals surface area contributed by atoms with Crippen LogP contribution < -0.4 is 5.32 Å². The molecule has 0 unspecified atom stereocenters. The second-order valence-corrected chi connectivity index (χ2v) is 5.35. The SMILES string of the molecule is CCNCc1cccc(COCC=Cc2ccsc2)c1. The van der Waals surface area contributed by atoms with Crippen LogP contribution in [0.4, 0.5) is 0 Å². The van der Waals surface area contributed by atoms with Crippen LogP contribution in [-0.4, -0.2) is 13.2 Å². The first-order valence-electron chi connectivity index (χ1n) is 6.93. The molecular formula is C17H21NOS. The van der Waals surface area contributed by atoms with E-state index in [2.05, 4.69) is 65.5 Å². The summed E-state index contributed by atoms with van der Waals surface area (Å²) in [6.07, 6.45) is 4.16.